The Balaban J connectivity index is 1.58. The Morgan fingerprint density at radius 1 is 1.07 bits per heavy atom. The number of amides is 1. The van der Waals surface area contributed by atoms with Gasteiger partial charge in [-0.2, -0.15) is 0 Å². The Morgan fingerprint density at radius 3 is 2.30 bits per heavy atom. The molecule has 2 aromatic carbocycles. The van der Waals surface area contributed by atoms with Crippen molar-refractivity contribution in [2.45, 2.75) is 19.8 Å². The molecule has 3 aromatic rings. The zero-order chi connectivity index (χ0) is 19.2. The molecule has 1 N–H and O–H groups in total. The lowest BCUT2D eigenvalue weighted by atomic mass is 10.1. The van der Waals surface area contributed by atoms with E-state index >= 15 is 0 Å². The topological polar surface area (TPSA) is 60.5 Å². The van der Waals surface area contributed by atoms with Gasteiger partial charge in [0, 0.05) is 29.1 Å². The fourth-order valence-electron chi connectivity index (χ4n) is 2.71. The third kappa shape index (κ3) is 5.08. The second kappa shape index (κ2) is 8.68. The van der Waals surface area contributed by atoms with Crippen molar-refractivity contribution >= 4 is 22.9 Å². The molecule has 5 nitrogen and oxygen atoms in total. The number of aryl methyl sites for hydroxylation is 2. The summed E-state index contributed by atoms with van der Waals surface area (Å²) in [6, 6.07) is 13.4. The number of aromatic nitrogens is 1. The highest BCUT2D eigenvalue weighted by atomic mass is 32.1. The summed E-state index contributed by atoms with van der Waals surface area (Å²) in [4.78, 5) is 16.7. The summed E-state index contributed by atoms with van der Waals surface area (Å²) in [6.07, 6.45) is 0.985. The number of hydrogen-bond acceptors (Lipinski definition) is 5. The molecular weight excluding hydrogens is 360 g/mol. The van der Waals surface area contributed by atoms with E-state index in [9.17, 15) is 4.79 Å². The van der Waals surface area contributed by atoms with E-state index in [1.807, 2.05) is 54.8 Å². The molecule has 0 bridgehead atoms. The molecule has 6 heteroatoms. The number of hydrogen-bond donors (Lipinski definition) is 1. The van der Waals surface area contributed by atoms with Gasteiger partial charge in [0.15, 0.2) is 0 Å². The third-order valence-corrected chi connectivity index (χ3v) is 4.91. The third-order valence-electron chi connectivity index (χ3n) is 4.14. The minimum absolute atomic E-state index is 0.0333. The van der Waals surface area contributed by atoms with Crippen LogP contribution in [0.25, 0.3) is 11.3 Å². The van der Waals surface area contributed by atoms with Gasteiger partial charge >= 0.3 is 0 Å². The van der Waals surface area contributed by atoms with E-state index < -0.39 is 0 Å². The highest BCUT2D eigenvalue weighted by molar-refractivity contribution is 7.09. The smallest absolute Gasteiger partial charge is 0.224 e. The standard InChI is InChI=1S/C21H22N2O3S/c1-14-22-20(13-27-14)16-5-7-17(8-6-16)23-21(24)9-4-15-10-18(25-2)12-19(11-15)26-3/h5-8,10-13H,4,9H2,1-3H3,(H,23,24). The molecule has 0 aliphatic carbocycles. The van der Waals surface area contributed by atoms with Gasteiger partial charge in [-0.25, -0.2) is 4.98 Å². The maximum Gasteiger partial charge on any atom is 0.224 e. The molecule has 3 rings (SSSR count). The molecule has 0 spiro atoms. The van der Waals surface area contributed by atoms with E-state index in [0.717, 1.165) is 39.0 Å². The molecule has 0 fully saturated rings. The minimum atomic E-state index is -0.0333. The van der Waals surface area contributed by atoms with Gasteiger partial charge in [-0.05, 0) is 43.2 Å². The zero-order valence-corrected chi connectivity index (χ0v) is 16.4. The van der Waals surface area contributed by atoms with Crippen LogP contribution in [-0.4, -0.2) is 25.1 Å². The number of anilines is 1. The predicted octanol–water partition coefficient (Wildman–Crippen LogP) is 4.71. The van der Waals surface area contributed by atoms with Crippen molar-refractivity contribution in [2.24, 2.45) is 0 Å². The summed E-state index contributed by atoms with van der Waals surface area (Å²) in [5.74, 6) is 1.41. The summed E-state index contributed by atoms with van der Waals surface area (Å²) in [5.41, 5.74) is 3.78. The van der Waals surface area contributed by atoms with Crippen molar-refractivity contribution in [1.29, 1.82) is 0 Å². The quantitative estimate of drug-likeness (QED) is 0.643. The number of ether oxygens (including phenoxy) is 2. The van der Waals surface area contributed by atoms with Crippen LogP contribution in [0.15, 0.2) is 47.8 Å². The summed E-state index contributed by atoms with van der Waals surface area (Å²) < 4.78 is 10.5. The number of benzene rings is 2. The van der Waals surface area contributed by atoms with Gasteiger partial charge < -0.3 is 14.8 Å². The largest absolute Gasteiger partial charge is 0.497 e. The second-order valence-electron chi connectivity index (χ2n) is 6.10. The van der Waals surface area contributed by atoms with E-state index in [4.69, 9.17) is 9.47 Å². The first-order valence-corrected chi connectivity index (χ1v) is 9.49. The molecular formula is C21H22N2O3S. The molecule has 1 heterocycles. The Bertz CT molecular complexity index is 897. The van der Waals surface area contributed by atoms with Crippen LogP contribution in [0.1, 0.15) is 17.0 Å². The van der Waals surface area contributed by atoms with Crippen LogP contribution in [-0.2, 0) is 11.2 Å². The lowest BCUT2D eigenvalue weighted by Gasteiger charge is -2.09. The van der Waals surface area contributed by atoms with Crippen molar-refractivity contribution in [3.05, 3.63) is 58.4 Å². The zero-order valence-electron chi connectivity index (χ0n) is 15.6. The predicted molar refractivity (Wildman–Crippen MR) is 109 cm³/mol. The van der Waals surface area contributed by atoms with Crippen LogP contribution >= 0.6 is 11.3 Å². The molecule has 0 atom stereocenters. The van der Waals surface area contributed by atoms with Crippen LogP contribution in [0, 0.1) is 6.92 Å². The molecule has 1 aromatic heterocycles. The van der Waals surface area contributed by atoms with Gasteiger partial charge in [0.1, 0.15) is 11.5 Å². The Hall–Kier alpha value is -2.86. The minimum Gasteiger partial charge on any atom is -0.497 e. The summed E-state index contributed by atoms with van der Waals surface area (Å²) >= 11 is 1.63. The molecule has 1 amide bonds. The van der Waals surface area contributed by atoms with Crippen molar-refractivity contribution < 1.29 is 14.3 Å². The van der Waals surface area contributed by atoms with Crippen LogP contribution in [0.5, 0.6) is 11.5 Å². The molecule has 0 saturated heterocycles. The first-order chi connectivity index (χ1) is 13.1. The monoisotopic (exact) mass is 382 g/mol. The number of thiazole rings is 1. The number of carbonyl (C=O) groups is 1. The van der Waals surface area contributed by atoms with Crippen molar-refractivity contribution in [2.75, 3.05) is 19.5 Å². The maximum absolute atomic E-state index is 12.3. The number of rotatable bonds is 7. The Morgan fingerprint density at radius 2 is 1.74 bits per heavy atom. The van der Waals surface area contributed by atoms with Gasteiger partial charge in [0.2, 0.25) is 5.91 Å². The van der Waals surface area contributed by atoms with Gasteiger partial charge in [-0.15, -0.1) is 11.3 Å². The second-order valence-corrected chi connectivity index (χ2v) is 7.16. The average molecular weight is 382 g/mol. The molecule has 0 saturated carbocycles. The van der Waals surface area contributed by atoms with Gasteiger partial charge in [-0.3, -0.25) is 4.79 Å². The van der Waals surface area contributed by atoms with E-state index in [0.29, 0.717) is 12.8 Å². The van der Waals surface area contributed by atoms with Gasteiger partial charge in [0.25, 0.3) is 0 Å². The van der Waals surface area contributed by atoms with E-state index in [-0.39, 0.29) is 5.91 Å². The van der Waals surface area contributed by atoms with Crippen LogP contribution in [0.2, 0.25) is 0 Å². The average Bonchev–Trinajstić information content (AvgIpc) is 3.13. The van der Waals surface area contributed by atoms with E-state index in [1.165, 1.54) is 0 Å². The number of nitrogens with zero attached hydrogens (tertiary/aromatic N) is 1. The number of carbonyl (C=O) groups excluding carboxylic acids is 1. The van der Waals surface area contributed by atoms with Crippen molar-refractivity contribution in [1.82, 2.24) is 4.98 Å². The van der Waals surface area contributed by atoms with E-state index in [1.54, 1.807) is 25.6 Å². The fourth-order valence-corrected chi connectivity index (χ4v) is 3.33. The van der Waals surface area contributed by atoms with E-state index in [2.05, 4.69) is 10.3 Å². The first kappa shape index (κ1) is 18.9. The van der Waals surface area contributed by atoms with Crippen molar-refractivity contribution in [3.8, 4) is 22.8 Å². The van der Waals surface area contributed by atoms with Crippen LogP contribution < -0.4 is 14.8 Å². The lowest BCUT2D eigenvalue weighted by Crippen LogP contribution is -2.12. The highest BCUT2D eigenvalue weighted by Gasteiger charge is 2.07. The normalized spacial score (nSPS) is 10.5. The number of methoxy groups -OCH3 is 2. The molecule has 140 valence electrons. The molecule has 0 aliphatic rings. The number of nitrogens with one attached hydrogen (secondary N) is 1. The Kier molecular flexibility index (Phi) is 6.08. The van der Waals surface area contributed by atoms with Crippen LogP contribution in [0.4, 0.5) is 5.69 Å². The molecule has 0 unspecified atom stereocenters. The van der Waals surface area contributed by atoms with Crippen LogP contribution in [0.3, 0.4) is 0 Å². The van der Waals surface area contributed by atoms with Gasteiger partial charge in [-0.1, -0.05) is 12.1 Å². The SMILES string of the molecule is COc1cc(CCC(=O)Nc2ccc(-c3csc(C)n3)cc2)cc(OC)c1. The molecule has 0 aliphatic heterocycles. The highest BCUT2D eigenvalue weighted by Crippen LogP contribution is 2.24. The Labute approximate surface area is 163 Å². The fraction of sp³-hybridized carbons (Fsp3) is 0.238. The maximum atomic E-state index is 12.3. The molecule has 0 radical (unpaired) electrons. The lowest BCUT2D eigenvalue weighted by molar-refractivity contribution is -0.116. The first-order valence-electron chi connectivity index (χ1n) is 8.62. The summed E-state index contributed by atoms with van der Waals surface area (Å²) in [5, 5.41) is 6.01. The van der Waals surface area contributed by atoms with Gasteiger partial charge in [0.05, 0.1) is 24.9 Å². The summed E-state index contributed by atoms with van der Waals surface area (Å²) in [6.45, 7) is 1.99. The summed E-state index contributed by atoms with van der Waals surface area (Å²) in [7, 11) is 3.23. The van der Waals surface area contributed by atoms with Crippen molar-refractivity contribution in [3.63, 3.8) is 0 Å². The molecule has 27 heavy (non-hydrogen) atoms.